The Balaban J connectivity index is 1.94. The van der Waals surface area contributed by atoms with Crippen molar-refractivity contribution in [2.75, 3.05) is 25.5 Å². The van der Waals surface area contributed by atoms with Crippen molar-refractivity contribution < 1.29 is 14.1 Å². The van der Waals surface area contributed by atoms with Crippen molar-refractivity contribution in [3.8, 4) is 5.75 Å². The van der Waals surface area contributed by atoms with Crippen LogP contribution < -0.4 is 15.4 Å². The number of ether oxygens (including phenoxy) is 1. The molecule has 0 aliphatic heterocycles. The van der Waals surface area contributed by atoms with Gasteiger partial charge in [0.1, 0.15) is 5.69 Å². The number of benzene rings is 1. The number of halogens is 1. The maximum Gasteiger partial charge on any atom is 0.295 e. The first-order valence-corrected chi connectivity index (χ1v) is 6.61. The first-order valence-electron chi connectivity index (χ1n) is 6.61. The van der Waals surface area contributed by atoms with E-state index in [1.807, 2.05) is 0 Å². The van der Waals surface area contributed by atoms with Crippen LogP contribution >= 0.6 is 0 Å². The van der Waals surface area contributed by atoms with E-state index in [1.54, 1.807) is 0 Å². The number of nitrogens with zero attached hydrogens (tertiary/aromatic N) is 1. The van der Waals surface area contributed by atoms with Gasteiger partial charge in [-0.3, -0.25) is 10.1 Å². The third-order valence-corrected chi connectivity index (χ3v) is 3.15. The number of hydrogen-bond acceptors (Lipinski definition) is 5. The van der Waals surface area contributed by atoms with Gasteiger partial charge in [-0.1, -0.05) is 0 Å². The molecule has 0 bridgehead atoms. The van der Waals surface area contributed by atoms with E-state index in [0.29, 0.717) is 12.6 Å². The zero-order valence-corrected chi connectivity index (χ0v) is 11.3. The molecule has 1 aromatic rings. The molecule has 0 unspecified atom stereocenters. The van der Waals surface area contributed by atoms with Crippen molar-refractivity contribution >= 4 is 11.4 Å². The lowest BCUT2D eigenvalue weighted by Crippen LogP contribution is -2.20. The minimum Gasteiger partial charge on any atom is -0.494 e. The van der Waals surface area contributed by atoms with Gasteiger partial charge in [-0.15, -0.1) is 0 Å². The fourth-order valence-electron chi connectivity index (χ4n) is 1.90. The van der Waals surface area contributed by atoms with Crippen molar-refractivity contribution in [3.63, 3.8) is 0 Å². The number of nitrogens with one attached hydrogen (secondary N) is 2. The van der Waals surface area contributed by atoms with Crippen molar-refractivity contribution in [2.24, 2.45) is 0 Å². The molecule has 20 heavy (non-hydrogen) atoms. The van der Waals surface area contributed by atoms with Gasteiger partial charge in [-0.05, 0) is 25.8 Å². The number of anilines is 1. The van der Waals surface area contributed by atoms with E-state index in [9.17, 15) is 14.5 Å². The van der Waals surface area contributed by atoms with Crippen LogP contribution in [0.1, 0.15) is 19.3 Å². The van der Waals surface area contributed by atoms with Crippen LogP contribution in [0.5, 0.6) is 5.75 Å². The van der Waals surface area contributed by atoms with E-state index in [4.69, 9.17) is 4.74 Å². The summed E-state index contributed by atoms with van der Waals surface area (Å²) in [6.07, 6.45) is 3.30. The molecule has 1 aliphatic rings. The third-order valence-electron chi connectivity index (χ3n) is 3.15. The molecule has 0 saturated heterocycles. The Kier molecular flexibility index (Phi) is 4.73. The van der Waals surface area contributed by atoms with Gasteiger partial charge in [0.15, 0.2) is 11.6 Å². The average Bonchev–Trinajstić information content (AvgIpc) is 3.23. The Hall–Kier alpha value is -1.89. The topological polar surface area (TPSA) is 76.4 Å². The summed E-state index contributed by atoms with van der Waals surface area (Å²) in [7, 11) is 1.33. The zero-order chi connectivity index (χ0) is 14.5. The lowest BCUT2D eigenvalue weighted by Gasteiger charge is -2.10. The quantitative estimate of drug-likeness (QED) is 0.435. The summed E-state index contributed by atoms with van der Waals surface area (Å²) in [5.41, 5.74) is -0.00174. The van der Waals surface area contributed by atoms with E-state index in [2.05, 4.69) is 10.6 Å². The highest BCUT2D eigenvalue weighted by molar-refractivity contribution is 5.64. The summed E-state index contributed by atoms with van der Waals surface area (Å²) in [5.74, 6) is -0.741. The van der Waals surface area contributed by atoms with Crippen LogP contribution in [-0.4, -0.2) is 31.2 Å². The number of rotatable bonds is 8. The molecule has 0 aromatic heterocycles. The lowest BCUT2D eigenvalue weighted by molar-refractivity contribution is -0.384. The molecule has 1 saturated carbocycles. The third kappa shape index (κ3) is 3.80. The normalized spacial score (nSPS) is 14.1. The first kappa shape index (κ1) is 14.5. The molecule has 2 N–H and O–H groups in total. The molecule has 110 valence electrons. The predicted molar refractivity (Wildman–Crippen MR) is 73.7 cm³/mol. The first-order chi connectivity index (χ1) is 9.61. The van der Waals surface area contributed by atoms with Gasteiger partial charge in [0.05, 0.1) is 18.1 Å². The molecule has 7 heteroatoms. The molecule has 6 nitrogen and oxygen atoms in total. The van der Waals surface area contributed by atoms with Gasteiger partial charge in [0, 0.05) is 18.7 Å². The summed E-state index contributed by atoms with van der Waals surface area (Å²) in [5, 5.41) is 17.2. The van der Waals surface area contributed by atoms with Crippen molar-refractivity contribution in [1.82, 2.24) is 5.32 Å². The maximum absolute atomic E-state index is 13.5. The van der Waals surface area contributed by atoms with Crippen molar-refractivity contribution in [3.05, 3.63) is 28.1 Å². The second kappa shape index (κ2) is 6.51. The molecule has 0 atom stereocenters. The van der Waals surface area contributed by atoms with Crippen LogP contribution in [0.15, 0.2) is 12.1 Å². The Morgan fingerprint density at radius 2 is 2.20 bits per heavy atom. The molecule has 0 spiro atoms. The van der Waals surface area contributed by atoms with E-state index in [-0.39, 0.29) is 17.1 Å². The van der Waals surface area contributed by atoms with Crippen molar-refractivity contribution in [2.45, 2.75) is 25.3 Å². The number of methoxy groups -OCH3 is 1. The Bertz CT molecular complexity index is 492. The van der Waals surface area contributed by atoms with E-state index >= 15 is 0 Å². The number of nitro benzene ring substituents is 1. The van der Waals surface area contributed by atoms with E-state index in [1.165, 1.54) is 26.0 Å². The van der Waals surface area contributed by atoms with Crippen LogP contribution in [0.4, 0.5) is 15.8 Å². The highest BCUT2D eigenvalue weighted by Gasteiger charge is 2.20. The zero-order valence-electron chi connectivity index (χ0n) is 11.3. The number of hydrogen-bond donors (Lipinski definition) is 2. The monoisotopic (exact) mass is 283 g/mol. The smallest absolute Gasteiger partial charge is 0.295 e. The lowest BCUT2D eigenvalue weighted by atomic mass is 10.2. The minimum absolute atomic E-state index is 0.00537. The van der Waals surface area contributed by atoms with Crippen LogP contribution in [0.3, 0.4) is 0 Å². The summed E-state index contributed by atoms with van der Waals surface area (Å²) < 4.78 is 18.3. The summed E-state index contributed by atoms with van der Waals surface area (Å²) in [4.78, 5) is 10.3. The van der Waals surface area contributed by atoms with E-state index in [0.717, 1.165) is 19.0 Å². The van der Waals surface area contributed by atoms with Crippen LogP contribution in [0, 0.1) is 15.9 Å². The molecule has 1 aliphatic carbocycles. The Morgan fingerprint density at radius 1 is 1.45 bits per heavy atom. The highest BCUT2D eigenvalue weighted by Crippen LogP contribution is 2.31. The largest absolute Gasteiger partial charge is 0.494 e. The van der Waals surface area contributed by atoms with Gasteiger partial charge >= 0.3 is 0 Å². The standard InChI is InChI=1S/C13H18FN3O3/c1-20-13-8-11(12(17(18)19)7-10(13)14)16-6-2-5-15-9-3-4-9/h7-9,15-16H,2-6H2,1H3. The van der Waals surface area contributed by atoms with Gasteiger partial charge in [0.25, 0.3) is 5.69 Å². The molecule has 0 heterocycles. The van der Waals surface area contributed by atoms with Crippen LogP contribution in [0.2, 0.25) is 0 Å². The molecule has 0 amide bonds. The molecule has 2 rings (SSSR count). The summed E-state index contributed by atoms with van der Waals surface area (Å²) in [6, 6.07) is 2.85. The summed E-state index contributed by atoms with van der Waals surface area (Å²) in [6.45, 7) is 1.44. The second-order valence-electron chi connectivity index (χ2n) is 4.77. The minimum atomic E-state index is -0.736. The Morgan fingerprint density at radius 3 is 2.80 bits per heavy atom. The molecule has 0 radical (unpaired) electrons. The van der Waals surface area contributed by atoms with Gasteiger partial charge < -0.3 is 15.4 Å². The fraction of sp³-hybridized carbons (Fsp3) is 0.538. The van der Waals surface area contributed by atoms with Crippen molar-refractivity contribution in [1.29, 1.82) is 0 Å². The maximum atomic E-state index is 13.5. The number of nitro groups is 1. The van der Waals surface area contributed by atoms with E-state index < -0.39 is 10.7 Å². The molecular formula is C13H18FN3O3. The van der Waals surface area contributed by atoms with Crippen LogP contribution in [-0.2, 0) is 0 Å². The highest BCUT2D eigenvalue weighted by atomic mass is 19.1. The molecular weight excluding hydrogens is 265 g/mol. The van der Waals surface area contributed by atoms with Gasteiger partial charge in [-0.25, -0.2) is 4.39 Å². The van der Waals surface area contributed by atoms with Gasteiger partial charge in [-0.2, -0.15) is 0 Å². The fourth-order valence-corrected chi connectivity index (χ4v) is 1.90. The van der Waals surface area contributed by atoms with Gasteiger partial charge in [0.2, 0.25) is 0 Å². The Labute approximate surface area is 116 Å². The second-order valence-corrected chi connectivity index (χ2v) is 4.77. The predicted octanol–water partition coefficient (Wildman–Crippen LogP) is 2.30. The molecule has 1 fully saturated rings. The summed E-state index contributed by atoms with van der Waals surface area (Å²) >= 11 is 0. The SMILES string of the molecule is COc1cc(NCCCNC2CC2)c([N+](=O)[O-])cc1F. The van der Waals surface area contributed by atoms with Crippen LogP contribution in [0.25, 0.3) is 0 Å². The molecule has 1 aromatic carbocycles. The average molecular weight is 283 g/mol.